The van der Waals surface area contributed by atoms with E-state index >= 15 is 0 Å². The summed E-state index contributed by atoms with van der Waals surface area (Å²) in [6.45, 7) is 0.789. The Morgan fingerprint density at radius 1 is 1.22 bits per heavy atom. The van der Waals surface area contributed by atoms with Gasteiger partial charge in [-0.2, -0.15) is 5.10 Å². The summed E-state index contributed by atoms with van der Waals surface area (Å²) in [6.07, 6.45) is 7.55. The Bertz CT molecular complexity index is 870. The Morgan fingerprint density at radius 2 is 2.11 bits per heavy atom. The van der Waals surface area contributed by atoms with E-state index in [1.807, 2.05) is 12.3 Å². The number of hydrogen-bond acceptors (Lipinski definition) is 3. The molecule has 4 nitrogen and oxygen atoms in total. The minimum atomic E-state index is 0.104. The predicted molar refractivity (Wildman–Crippen MR) is 109 cm³/mol. The molecule has 1 atom stereocenters. The average molecular weight is 380 g/mol. The van der Waals surface area contributed by atoms with Crippen molar-refractivity contribution in [3.8, 4) is 0 Å². The van der Waals surface area contributed by atoms with Crippen molar-refractivity contribution in [1.82, 2.24) is 15.1 Å². The van der Waals surface area contributed by atoms with Crippen molar-refractivity contribution < 1.29 is 4.79 Å². The topological polar surface area (TPSA) is 46.9 Å². The van der Waals surface area contributed by atoms with E-state index in [1.54, 1.807) is 11.3 Å². The molecule has 0 bridgehead atoms. The van der Waals surface area contributed by atoms with Gasteiger partial charge in [0.15, 0.2) is 0 Å². The van der Waals surface area contributed by atoms with Crippen molar-refractivity contribution in [3.05, 3.63) is 75.7 Å². The zero-order valence-corrected chi connectivity index (χ0v) is 16.3. The van der Waals surface area contributed by atoms with Crippen LogP contribution in [-0.4, -0.2) is 15.7 Å². The number of amides is 1. The molecule has 0 fully saturated rings. The van der Waals surface area contributed by atoms with Gasteiger partial charge in [-0.3, -0.25) is 9.48 Å². The molecular weight excluding hydrogens is 354 g/mol. The van der Waals surface area contributed by atoms with Gasteiger partial charge in [-0.15, -0.1) is 11.3 Å². The van der Waals surface area contributed by atoms with Crippen LogP contribution >= 0.6 is 11.3 Å². The molecule has 0 spiro atoms. The van der Waals surface area contributed by atoms with E-state index in [-0.39, 0.29) is 11.9 Å². The first-order valence-electron chi connectivity index (χ1n) is 9.70. The first-order valence-corrected chi connectivity index (χ1v) is 10.6. The largest absolute Gasteiger partial charge is 0.349 e. The Morgan fingerprint density at radius 3 is 2.93 bits per heavy atom. The normalized spacial score (nSPS) is 16.1. The predicted octanol–water partition coefficient (Wildman–Crippen LogP) is 4.51. The van der Waals surface area contributed by atoms with Crippen molar-refractivity contribution in [2.24, 2.45) is 0 Å². The van der Waals surface area contributed by atoms with E-state index in [9.17, 15) is 4.79 Å². The molecule has 0 unspecified atom stereocenters. The summed E-state index contributed by atoms with van der Waals surface area (Å²) in [4.78, 5) is 13.8. The molecule has 3 aromatic rings. The van der Waals surface area contributed by atoms with E-state index < -0.39 is 0 Å². The van der Waals surface area contributed by atoms with Gasteiger partial charge in [0.05, 0.1) is 18.8 Å². The van der Waals surface area contributed by atoms with E-state index in [2.05, 4.69) is 56.9 Å². The second kappa shape index (κ2) is 8.53. The highest BCUT2D eigenvalue weighted by atomic mass is 32.1. The van der Waals surface area contributed by atoms with Gasteiger partial charge >= 0.3 is 0 Å². The summed E-state index contributed by atoms with van der Waals surface area (Å²) in [5, 5.41) is 9.95. The van der Waals surface area contributed by atoms with Crippen molar-refractivity contribution >= 4 is 17.2 Å². The quantitative estimate of drug-likeness (QED) is 0.656. The highest BCUT2D eigenvalue weighted by molar-refractivity contribution is 7.09. The summed E-state index contributed by atoms with van der Waals surface area (Å²) in [6, 6.07) is 14.7. The van der Waals surface area contributed by atoms with Crippen molar-refractivity contribution in [2.75, 3.05) is 0 Å². The lowest BCUT2D eigenvalue weighted by molar-refractivity contribution is -0.122. The molecule has 0 saturated heterocycles. The fourth-order valence-electron chi connectivity index (χ4n) is 3.81. The maximum absolute atomic E-state index is 12.4. The van der Waals surface area contributed by atoms with Crippen LogP contribution in [0.15, 0.2) is 54.0 Å². The van der Waals surface area contributed by atoms with Gasteiger partial charge < -0.3 is 5.32 Å². The molecule has 140 valence electrons. The van der Waals surface area contributed by atoms with E-state index in [0.717, 1.165) is 38.6 Å². The van der Waals surface area contributed by atoms with E-state index in [4.69, 9.17) is 0 Å². The maximum atomic E-state index is 12.4. The molecule has 1 N–H and O–H groups in total. The molecule has 1 amide bonds. The summed E-state index contributed by atoms with van der Waals surface area (Å²) in [7, 11) is 0. The molecule has 0 radical (unpaired) electrons. The van der Waals surface area contributed by atoms with Crippen molar-refractivity contribution in [1.29, 1.82) is 0 Å². The van der Waals surface area contributed by atoms with Gasteiger partial charge in [-0.05, 0) is 49.1 Å². The number of rotatable bonds is 7. The third-order valence-corrected chi connectivity index (χ3v) is 6.12. The number of aryl methyl sites for hydroxylation is 1. The Labute approximate surface area is 164 Å². The van der Waals surface area contributed by atoms with Gasteiger partial charge in [0.2, 0.25) is 5.91 Å². The molecular formula is C22H25N3OS. The second-order valence-electron chi connectivity index (χ2n) is 7.14. The van der Waals surface area contributed by atoms with E-state index in [0.29, 0.717) is 6.42 Å². The number of carbonyl (C=O) groups excluding carboxylic acids is 1. The SMILES string of the molecule is O=C(CCCc1cccs1)N[C@H]1CCCc2c1cnn2Cc1ccccc1. The second-order valence-corrected chi connectivity index (χ2v) is 8.17. The Hall–Kier alpha value is -2.40. The monoisotopic (exact) mass is 379 g/mol. The zero-order valence-electron chi connectivity index (χ0n) is 15.4. The van der Waals surface area contributed by atoms with Crippen LogP contribution in [0.3, 0.4) is 0 Å². The molecule has 1 aliphatic carbocycles. The van der Waals surface area contributed by atoms with Gasteiger partial charge in [0.25, 0.3) is 0 Å². The zero-order chi connectivity index (χ0) is 18.5. The van der Waals surface area contributed by atoms with Crippen LogP contribution in [0.25, 0.3) is 0 Å². The minimum absolute atomic E-state index is 0.104. The van der Waals surface area contributed by atoms with Crippen LogP contribution < -0.4 is 5.32 Å². The Balaban J connectivity index is 1.36. The van der Waals surface area contributed by atoms with E-state index in [1.165, 1.54) is 21.7 Å². The van der Waals surface area contributed by atoms with Crippen LogP contribution in [0.2, 0.25) is 0 Å². The average Bonchev–Trinajstić information content (AvgIpc) is 3.34. The molecule has 0 aliphatic heterocycles. The number of nitrogens with zero attached hydrogens (tertiary/aromatic N) is 2. The fourth-order valence-corrected chi connectivity index (χ4v) is 4.56. The Kier molecular flexibility index (Phi) is 5.68. The summed E-state index contributed by atoms with van der Waals surface area (Å²) in [5.41, 5.74) is 3.72. The molecule has 2 heterocycles. The first-order chi connectivity index (χ1) is 13.3. The lowest BCUT2D eigenvalue weighted by Gasteiger charge is -2.24. The van der Waals surface area contributed by atoms with Crippen LogP contribution in [0, 0.1) is 0 Å². The van der Waals surface area contributed by atoms with Gasteiger partial charge in [-0.25, -0.2) is 0 Å². The third-order valence-electron chi connectivity index (χ3n) is 5.18. The fraction of sp³-hybridized carbons (Fsp3) is 0.364. The molecule has 1 aromatic carbocycles. The third kappa shape index (κ3) is 4.48. The molecule has 2 aromatic heterocycles. The molecule has 4 rings (SSSR count). The number of aromatic nitrogens is 2. The van der Waals surface area contributed by atoms with Gasteiger partial charge in [-0.1, -0.05) is 36.4 Å². The first kappa shape index (κ1) is 18.0. The van der Waals surface area contributed by atoms with Crippen LogP contribution in [-0.2, 0) is 24.2 Å². The number of hydrogen-bond donors (Lipinski definition) is 1. The van der Waals surface area contributed by atoms with Crippen LogP contribution in [0.5, 0.6) is 0 Å². The molecule has 0 saturated carbocycles. The lowest BCUT2D eigenvalue weighted by atomic mass is 9.92. The number of carbonyl (C=O) groups is 1. The number of nitrogens with one attached hydrogen (secondary N) is 1. The number of benzene rings is 1. The van der Waals surface area contributed by atoms with Crippen LogP contribution in [0.1, 0.15) is 53.4 Å². The smallest absolute Gasteiger partial charge is 0.220 e. The minimum Gasteiger partial charge on any atom is -0.349 e. The van der Waals surface area contributed by atoms with Crippen LogP contribution in [0.4, 0.5) is 0 Å². The van der Waals surface area contributed by atoms with Gasteiger partial charge in [0, 0.05) is 22.6 Å². The summed E-state index contributed by atoms with van der Waals surface area (Å²) >= 11 is 1.76. The number of fused-ring (bicyclic) bond motifs is 1. The lowest BCUT2D eigenvalue weighted by Crippen LogP contribution is -2.31. The summed E-state index contributed by atoms with van der Waals surface area (Å²) < 4.78 is 2.10. The standard InChI is InChI=1S/C22H25N3OS/c26-22(13-4-9-18-10-6-14-27-18)24-20-11-5-12-21-19(20)15-23-25(21)16-17-7-2-1-3-8-17/h1-3,6-8,10,14-15,20H,4-5,9,11-13,16H2,(H,24,26)/t20-/m0/s1. The molecule has 27 heavy (non-hydrogen) atoms. The van der Waals surface area contributed by atoms with Crippen molar-refractivity contribution in [3.63, 3.8) is 0 Å². The van der Waals surface area contributed by atoms with Crippen molar-refractivity contribution in [2.45, 2.75) is 51.1 Å². The molecule has 1 aliphatic rings. The number of thiophene rings is 1. The summed E-state index contributed by atoms with van der Waals surface area (Å²) in [5.74, 6) is 0.153. The maximum Gasteiger partial charge on any atom is 0.220 e. The molecule has 5 heteroatoms. The highest BCUT2D eigenvalue weighted by Crippen LogP contribution is 2.30. The van der Waals surface area contributed by atoms with Gasteiger partial charge in [0.1, 0.15) is 0 Å². The highest BCUT2D eigenvalue weighted by Gasteiger charge is 2.25.